The van der Waals surface area contributed by atoms with Gasteiger partial charge < -0.3 is 4.42 Å². The molecule has 0 saturated carbocycles. The molecule has 0 atom stereocenters. The quantitative estimate of drug-likeness (QED) is 0.565. The molecule has 0 fully saturated rings. The minimum Gasteiger partial charge on any atom is -0.456 e. The molecule has 2 aromatic carbocycles. The predicted octanol–water partition coefficient (Wildman–Crippen LogP) is 5.02. The third kappa shape index (κ3) is 1.46. The Kier molecular flexibility index (Phi) is 2.22. The molecule has 0 aliphatic carbocycles. The van der Waals surface area contributed by atoms with Crippen molar-refractivity contribution in [2.75, 3.05) is 0 Å². The van der Waals surface area contributed by atoms with Crippen molar-refractivity contribution in [1.29, 1.82) is 0 Å². The van der Waals surface area contributed by atoms with E-state index >= 15 is 0 Å². The monoisotopic (exact) mass is 224 g/mol. The third-order valence-electron chi connectivity index (χ3n) is 3.38. The number of aryl methyl sites for hydroxylation is 1. The lowest BCUT2D eigenvalue weighted by molar-refractivity contribution is 0.656. The van der Waals surface area contributed by atoms with Gasteiger partial charge in [-0.1, -0.05) is 44.2 Å². The van der Waals surface area contributed by atoms with E-state index in [0.29, 0.717) is 5.92 Å². The smallest absolute Gasteiger partial charge is 0.139 e. The highest BCUT2D eigenvalue weighted by Crippen LogP contribution is 2.35. The second-order valence-corrected chi connectivity index (χ2v) is 4.93. The van der Waals surface area contributed by atoms with Gasteiger partial charge in [-0.05, 0) is 24.5 Å². The van der Waals surface area contributed by atoms with Crippen molar-refractivity contribution in [2.45, 2.75) is 26.7 Å². The van der Waals surface area contributed by atoms with Gasteiger partial charge in [-0.25, -0.2) is 0 Å². The van der Waals surface area contributed by atoms with Crippen LogP contribution >= 0.6 is 0 Å². The largest absolute Gasteiger partial charge is 0.456 e. The standard InChI is InChI=1S/C16H16O/c1-10(2)15-11(3)8-9-13-12-6-4-5-7-14(12)17-16(13)15/h4-10H,1-3H3. The number of furan rings is 1. The molecule has 17 heavy (non-hydrogen) atoms. The molecule has 0 unspecified atom stereocenters. The zero-order chi connectivity index (χ0) is 12.0. The molecule has 0 aliphatic rings. The molecule has 1 heteroatoms. The summed E-state index contributed by atoms with van der Waals surface area (Å²) >= 11 is 0. The number of hydrogen-bond donors (Lipinski definition) is 0. The Labute approximate surface area is 101 Å². The summed E-state index contributed by atoms with van der Waals surface area (Å²) in [6.45, 7) is 6.59. The van der Waals surface area contributed by atoms with Crippen molar-refractivity contribution in [3.05, 3.63) is 47.5 Å². The first kappa shape index (κ1) is 10.4. The Bertz CT molecular complexity index is 689. The molecule has 0 N–H and O–H groups in total. The molecule has 3 aromatic rings. The van der Waals surface area contributed by atoms with Crippen molar-refractivity contribution in [3.63, 3.8) is 0 Å². The maximum absolute atomic E-state index is 6.03. The summed E-state index contributed by atoms with van der Waals surface area (Å²) in [5.41, 5.74) is 4.68. The Morgan fingerprint density at radius 3 is 2.47 bits per heavy atom. The summed E-state index contributed by atoms with van der Waals surface area (Å²) < 4.78 is 6.03. The van der Waals surface area contributed by atoms with E-state index in [1.54, 1.807) is 0 Å². The first-order chi connectivity index (χ1) is 8.18. The van der Waals surface area contributed by atoms with Gasteiger partial charge in [0, 0.05) is 16.3 Å². The van der Waals surface area contributed by atoms with E-state index in [0.717, 1.165) is 11.2 Å². The van der Waals surface area contributed by atoms with Gasteiger partial charge in [0.15, 0.2) is 0 Å². The van der Waals surface area contributed by atoms with E-state index in [4.69, 9.17) is 4.42 Å². The van der Waals surface area contributed by atoms with Crippen LogP contribution in [0.3, 0.4) is 0 Å². The van der Waals surface area contributed by atoms with Gasteiger partial charge in [0.05, 0.1) is 0 Å². The van der Waals surface area contributed by atoms with Crippen LogP contribution in [0, 0.1) is 6.92 Å². The average molecular weight is 224 g/mol. The molecule has 86 valence electrons. The highest BCUT2D eigenvalue weighted by Gasteiger charge is 2.14. The number of fused-ring (bicyclic) bond motifs is 3. The van der Waals surface area contributed by atoms with E-state index in [-0.39, 0.29) is 0 Å². The van der Waals surface area contributed by atoms with Gasteiger partial charge in [-0.2, -0.15) is 0 Å². The summed E-state index contributed by atoms with van der Waals surface area (Å²) in [5, 5.41) is 2.44. The molecule has 1 heterocycles. The maximum atomic E-state index is 6.03. The molecule has 1 aromatic heterocycles. The van der Waals surface area contributed by atoms with Crippen LogP contribution in [0.15, 0.2) is 40.8 Å². The maximum Gasteiger partial charge on any atom is 0.139 e. The Balaban J connectivity index is 2.51. The average Bonchev–Trinajstić information content (AvgIpc) is 2.66. The lowest BCUT2D eigenvalue weighted by atomic mass is 9.95. The Morgan fingerprint density at radius 1 is 0.941 bits per heavy atom. The van der Waals surface area contributed by atoms with Crippen molar-refractivity contribution in [2.24, 2.45) is 0 Å². The van der Waals surface area contributed by atoms with Crippen molar-refractivity contribution in [1.82, 2.24) is 0 Å². The molecule has 0 saturated heterocycles. The third-order valence-corrected chi connectivity index (χ3v) is 3.38. The van der Waals surface area contributed by atoms with Crippen LogP contribution < -0.4 is 0 Å². The van der Waals surface area contributed by atoms with Gasteiger partial charge in [0.1, 0.15) is 11.2 Å². The van der Waals surface area contributed by atoms with E-state index < -0.39 is 0 Å². The summed E-state index contributed by atoms with van der Waals surface area (Å²) in [7, 11) is 0. The van der Waals surface area contributed by atoms with Crippen LogP contribution in [-0.2, 0) is 0 Å². The molecule has 3 rings (SSSR count). The summed E-state index contributed by atoms with van der Waals surface area (Å²) in [6.07, 6.45) is 0. The van der Waals surface area contributed by atoms with Gasteiger partial charge in [-0.3, -0.25) is 0 Å². The number of benzene rings is 2. The highest BCUT2D eigenvalue weighted by atomic mass is 16.3. The van der Waals surface area contributed by atoms with Crippen molar-refractivity contribution < 1.29 is 4.42 Å². The number of hydrogen-bond acceptors (Lipinski definition) is 1. The number of rotatable bonds is 1. The Hall–Kier alpha value is -1.76. The minimum absolute atomic E-state index is 0.485. The second kappa shape index (κ2) is 3.63. The summed E-state index contributed by atoms with van der Waals surface area (Å²) in [5.74, 6) is 0.485. The molecule has 1 nitrogen and oxygen atoms in total. The molecule has 0 spiro atoms. The first-order valence-corrected chi connectivity index (χ1v) is 6.09. The Morgan fingerprint density at radius 2 is 1.71 bits per heavy atom. The zero-order valence-electron chi connectivity index (χ0n) is 10.4. The second-order valence-electron chi connectivity index (χ2n) is 4.93. The van der Waals surface area contributed by atoms with Crippen molar-refractivity contribution >= 4 is 21.9 Å². The van der Waals surface area contributed by atoms with Gasteiger partial charge in [0.25, 0.3) is 0 Å². The zero-order valence-corrected chi connectivity index (χ0v) is 10.4. The molecule has 0 aliphatic heterocycles. The van der Waals surface area contributed by atoms with Crippen LogP contribution in [0.5, 0.6) is 0 Å². The van der Waals surface area contributed by atoms with Gasteiger partial charge in [-0.15, -0.1) is 0 Å². The predicted molar refractivity (Wildman–Crippen MR) is 72.5 cm³/mol. The topological polar surface area (TPSA) is 13.1 Å². The minimum atomic E-state index is 0.485. The highest BCUT2D eigenvalue weighted by molar-refractivity contribution is 6.06. The molecule has 0 radical (unpaired) electrons. The molecular weight excluding hydrogens is 208 g/mol. The molecule has 0 bridgehead atoms. The van der Waals surface area contributed by atoms with Crippen LogP contribution in [0.4, 0.5) is 0 Å². The van der Waals surface area contributed by atoms with Crippen LogP contribution in [0.2, 0.25) is 0 Å². The number of para-hydroxylation sites is 1. The first-order valence-electron chi connectivity index (χ1n) is 6.09. The lowest BCUT2D eigenvalue weighted by Crippen LogP contribution is -1.92. The van der Waals surface area contributed by atoms with E-state index in [1.165, 1.54) is 21.9 Å². The van der Waals surface area contributed by atoms with Gasteiger partial charge >= 0.3 is 0 Å². The SMILES string of the molecule is Cc1ccc2c(oc3ccccc32)c1C(C)C. The van der Waals surface area contributed by atoms with Crippen LogP contribution in [0.25, 0.3) is 21.9 Å². The molecule has 0 amide bonds. The summed E-state index contributed by atoms with van der Waals surface area (Å²) in [6, 6.07) is 12.6. The normalized spacial score (nSPS) is 11.8. The van der Waals surface area contributed by atoms with E-state index in [2.05, 4.69) is 45.0 Å². The summed E-state index contributed by atoms with van der Waals surface area (Å²) in [4.78, 5) is 0. The van der Waals surface area contributed by atoms with Crippen LogP contribution in [0.1, 0.15) is 30.9 Å². The van der Waals surface area contributed by atoms with Gasteiger partial charge in [0.2, 0.25) is 0 Å². The van der Waals surface area contributed by atoms with E-state index in [9.17, 15) is 0 Å². The van der Waals surface area contributed by atoms with Crippen molar-refractivity contribution in [3.8, 4) is 0 Å². The van der Waals surface area contributed by atoms with Crippen LogP contribution in [-0.4, -0.2) is 0 Å². The lowest BCUT2D eigenvalue weighted by Gasteiger charge is -2.09. The van der Waals surface area contributed by atoms with E-state index in [1.807, 2.05) is 12.1 Å². The molecular formula is C16H16O. The fourth-order valence-corrected chi connectivity index (χ4v) is 2.63. The fourth-order valence-electron chi connectivity index (χ4n) is 2.63. The fraction of sp³-hybridized carbons (Fsp3) is 0.250.